The first-order valence-corrected chi connectivity index (χ1v) is 7.20. The zero-order valence-electron chi connectivity index (χ0n) is 12.0. The van der Waals surface area contributed by atoms with Crippen LogP contribution in [-0.4, -0.2) is 35.7 Å². The molecule has 0 radical (unpaired) electrons. The average molecular weight is 251 g/mol. The van der Waals surface area contributed by atoms with Crippen LogP contribution in [0.5, 0.6) is 0 Å². The second kappa shape index (κ2) is 7.75. The molecule has 0 aliphatic heterocycles. The molecule has 1 rings (SSSR count). The number of hydrogen-bond acceptors (Lipinski definition) is 2. The smallest absolute Gasteiger partial charge is 0.0580 e. The van der Waals surface area contributed by atoms with Crippen molar-refractivity contribution >= 4 is 0 Å². The van der Waals surface area contributed by atoms with Crippen LogP contribution in [0.15, 0.2) is 25.3 Å². The van der Waals surface area contributed by atoms with E-state index in [1.807, 2.05) is 12.2 Å². The van der Waals surface area contributed by atoms with Gasteiger partial charge in [0.25, 0.3) is 0 Å². The maximum atomic E-state index is 10.2. The fraction of sp³-hybridized carbons (Fsp3) is 0.750. The Labute approximate surface area is 112 Å². The molecule has 1 fully saturated rings. The quantitative estimate of drug-likeness (QED) is 0.703. The lowest BCUT2D eigenvalue weighted by atomic mass is 9.74. The van der Waals surface area contributed by atoms with Gasteiger partial charge in [0.1, 0.15) is 0 Å². The van der Waals surface area contributed by atoms with Crippen molar-refractivity contribution in [1.29, 1.82) is 0 Å². The minimum absolute atomic E-state index is 0.128. The number of hydrogen-bond donors (Lipinski definition) is 1. The topological polar surface area (TPSA) is 23.5 Å². The predicted molar refractivity (Wildman–Crippen MR) is 78.5 cm³/mol. The normalized spacial score (nSPS) is 28.6. The highest BCUT2D eigenvalue weighted by molar-refractivity contribution is 4.86. The van der Waals surface area contributed by atoms with Crippen LogP contribution in [-0.2, 0) is 0 Å². The molecule has 3 unspecified atom stereocenters. The van der Waals surface area contributed by atoms with Gasteiger partial charge in [-0.2, -0.15) is 0 Å². The van der Waals surface area contributed by atoms with Gasteiger partial charge in [0.15, 0.2) is 0 Å². The molecule has 1 N–H and O–H groups in total. The molecule has 18 heavy (non-hydrogen) atoms. The first-order valence-electron chi connectivity index (χ1n) is 7.20. The van der Waals surface area contributed by atoms with Gasteiger partial charge >= 0.3 is 0 Å². The van der Waals surface area contributed by atoms with Gasteiger partial charge in [0.05, 0.1) is 6.10 Å². The molecular weight excluding hydrogens is 222 g/mol. The molecule has 2 nitrogen and oxygen atoms in total. The maximum Gasteiger partial charge on any atom is 0.0580 e. The third-order valence-corrected chi connectivity index (χ3v) is 4.19. The van der Waals surface area contributed by atoms with Crippen LogP contribution in [0.1, 0.15) is 33.1 Å². The van der Waals surface area contributed by atoms with Crippen LogP contribution < -0.4 is 0 Å². The van der Waals surface area contributed by atoms with Crippen molar-refractivity contribution in [2.24, 2.45) is 17.8 Å². The zero-order chi connectivity index (χ0) is 13.5. The van der Waals surface area contributed by atoms with E-state index >= 15 is 0 Å². The van der Waals surface area contributed by atoms with Crippen LogP contribution in [0.25, 0.3) is 0 Å². The van der Waals surface area contributed by atoms with E-state index in [-0.39, 0.29) is 6.10 Å². The van der Waals surface area contributed by atoms with Gasteiger partial charge < -0.3 is 5.11 Å². The van der Waals surface area contributed by atoms with Gasteiger partial charge in [0, 0.05) is 19.6 Å². The minimum Gasteiger partial charge on any atom is -0.393 e. The molecule has 0 aromatic heterocycles. The van der Waals surface area contributed by atoms with Gasteiger partial charge in [-0.15, -0.1) is 13.2 Å². The summed E-state index contributed by atoms with van der Waals surface area (Å²) >= 11 is 0. The lowest BCUT2D eigenvalue weighted by Crippen LogP contribution is -2.40. The molecule has 104 valence electrons. The molecule has 2 heteroatoms. The Hall–Kier alpha value is -0.600. The summed E-state index contributed by atoms with van der Waals surface area (Å²) in [7, 11) is 0. The largest absolute Gasteiger partial charge is 0.393 e. The Morgan fingerprint density at radius 1 is 1.22 bits per heavy atom. The molecule has 0 aromatic carbocycles. The summed E-state index contributed by atoms with van der Waals surface area (Å²) in [5, 5.41) is 10.2. The van der Waals surface area contributed by atoms with Crippen molar-refractivity contribution in [1.82, 2.24) is 4.90 Å². The lowest BCUT2D eigenvalue weighted by molar-refractivity contribution is 0.0219. The first kappa shape index (κ1) is 15.5. The van der Waals surface area contributed by atoms with Crippen LogP contribution >= 0.6 is 0 Å². The van der Waals surface area contributed by atoms with Crippen molar-refractivity contribution in [3.63, 3.8) is 0 Å². The van der Waals surface area contributed by atoms with E-state index in [2.05, 4.69) is 31.9 Å². The molecule has 0 bridgehead atoms. The Kier molecular flexibility index (Phi) is 6.66. The Morgan fingerprint density at radius 3 is 2.33 bits per heavy atom. The van der Waals surface area contributed by atoms with Crippen LogP contribution in [0, 0.1) is 17.8 Å². The van der Waals surface area contributed by atoms with E-state index < -0.39 is 0 Å². The lowest BCUT2D eigenvalue weighted by Gasteiger charge is -2.37. The van der Waals surface area contributed by atoms with Crippen molar-refractivity contribution < 1.29 is 5.11 Å². The van der Waals surface area contributed by atoms with E-state index in [4.69, 9.17) is 0 Å². The van der Waals surface area contributed by atoms with E-state index in [9.17, 15) is 5.11 Å². The van der Waals surface area contributed by atoms with Crippen LogP contribution in [0.4, 0.5) is 0 Å². The van der Waals surface area contributed by atoms with Crippen molar-refractivity contribution in [3.8, 4) is 0 Å². The summed E-state index contributed by atoms with van der Waals surface area (Å²) in [5.74, 6) is 1.91. The maximum absolute atomic E-state index is 10.2. The average Bonchev–Trinajstić information content (AvgIpc) is 2.32. The Morgan fingerprint density at radius 2 is 1.83 bits per heavy atom. The standard InChI is InChI=1S/C16H29NO/c1-5-9-17(10-6-2)12-15-11-14(13(3)4)7-8-16(15)18/h5-6,13-16,18H,1-2,7-12H2,3-4H3. The van der Waals surface area contributed by atoms with Crippen molar-refractivity contribution in [3.05, 3.63) is 25.3 Å². The summed E-state index contributed by atoms with van der Waals surface area (Å²) in [6, 6.07) is 0. The zero-order valence-corrected chi connectivity index (χ0v) is 12.0. The molecule has 0 spiro atoms. The molecule has 3 atom stereocenters. The molecule has 0 heterocycles. The van der Waals surface area contributed by atoms with E-state index in [1.54, 1.807) is 0 Å². The number of aliphatic hydroxyl groups is 1. The van der Waals surface area contributed by atoms with E-state index in [0.29, 0.717) is 5.92 Å². The number of aliphatic hydroxyl groups excluding tert-OH is 1. The van der Waals surface area contributed by atoms with E-state index in [0.717, 1.165) is 44.3 Å². The molecule has 1 aliphatic rings. The second-order valence-corrected chi connectivity index (χ2v) is 5.94. The minimum atomic E-state index is -0.128. The van der Waals surface area contributed by atoms with Gasteiger partial charge in [-0.25, -0.2) is 0 Å². The summed E-state index contributed by atoms with van der Waals surface area (Å²) in [6.07, 6.45) is 7.03. The molecular formula is C16H29NO. The number of nitrogens with zero attached hydrogens (tertiary/aromatic N) is 1. The first-order chi connectivity index (χ1) is 8.58. The Balaban J connectivity index is 2.55. The van der Waals surface area contributed by atoms with Crippen LogP contribution in [0.3, 0.4) is 0 Å². The highest BCUT2D eigenvalue weighted by Crippen LogP contribution is 2.34. The summed E-state index contributed by atoms with van der Waals surface area (Å²) in [4.78, 5) is 2.32. The molecule has 1 saturated carbocycles. The Bertz CT molecular complexity index is 252. The van der Waals surface area contributed by atoms with E-state index in [1.165, 1.54) is 6.42 Å². The van der Waals surface area contributed by atoms with Gasteiger partial charge in [-0.1, -0.05) is 26.0 Å². The molecule has 0 saturated heterocycles. The fourth-order valence-corrected chi connectivity index (χ4v) is 3.01. The predicted octanol–water partition coefficient (Wildman–Crippen LogP) is 3.09. The number of rotatable bonds is 7. The van der Waals surface area contributed by atoms with Gasteiger partial charge in [-0.05, 0) is 37.0 Å². The van der Waals surface area contributed by atoms with Gasteiger partial charge in [0.2, 0.25) is 0 Å². The third kappa shape index (κ3) is 4.58. The fourth-order valence-electron chi connectivity index (χ4n) is 3.01. The van der Waals surface area contributed by atoms with Gasteiger partial charge in [-0.3, -0.25) is 4.90 Å². The highest BCUT2D eigenvalue weighted by Gasteiger charge is 2.31. The third-order valence-electron chi connectivity index (χ3n) is 4.19. The molecule has 1 aliphatic carbocycles. The highest BCUT2D eigenvalue weighted by atomic mass is 16.3. The monoisotopic (exact) mass is 251 g/mol. The summed E-state index contributed by atoms with van der Waals surface area (Å²) < 4.78 is 0. The van der Waals surface area contributed by atoms with Crippen molar-refractivity contribution in [2.75, 3.05) is 19.6 Å². The summed E-state index contributed by atoms with van der Waals surface area (Å²) in [6.45, 7) is 14.9. The SMILES string of the molecule is C=CCN(CC=C)CC1CC(C(C)C)CCC1O. The summed E-state index contributed by atoms with van der Waals surface area (Å²) in [5.41, 5.74) is 0. The molecule has 0 amide bonds. The second-order valence-electron chi connectivity index (χ2n) is 5.94. The van der Waals surface area contributed by atoms with Crippen LogP contribution in [0.2, 0.25) is 0 Å². The van der Waals surface area contributed by atoms with Crippen molar-refractivity contribution in [2.45, 2.75) is 39.2 Å². The molecule has 0 aromatic rings.